The predicted molar refractivity (Wildman–Crippen MR) is 66.9 cm³/mol. The molecule has 1 aromatic carbocycles. The second-order valence-corrected chi connectivity index (χ2v) is 4.49. The minimum Gasteiger partial charge on any atom is -0.489 e. The van der Waals surface area contributed by atoms with Gasteiger partial charge in [0.15, 0.2) is 0 Å². The first kappa shape index (κ1) is 11.2. The molecule has 0 bridgehead atoms. The van der Waals surface area contributed by atoms with Crippen LogP contribution in [0.25, 0.3) is 0 Å². The molecule has 16 heavy (non-hydrogen) atoms. The summed E-state index contributed by atoms with van der Waals surface area (Å²) in [5.74, 6) is 0.957. The number of ether oxygens (including phenoxy) is 1. The van der Waals surface area contributed by atoms with Crippen LogP contribution in [0.2, 0.25) is 0 Å². The molecule has 2 nitrogen and oxygen atoms in total. The van der Waals surface area contributed by atoms with Crippen molar-refractivity contribution in [1.29, 1.82) is 0 Å². The summed E-state index contributed by atoms with van der Waals surface area (Å²) in [6, 6.07) is 6.91. The third kappa shape index (κ3) is 2.27. The predicted octanol–water partition coefficient (Wildman–Crippen LogP) is 2.85. The lowest BCUT2D eigenvalue weighted by atomic mass is 10.1. The van der Waals surface area contributed by atoms with Gasteiger partial charge in [0.1, 0.15) is 12.4 Å². The maximum atomic E-state index is 5.64. The number of rotatable bonds is 4. The van der Waals surface area contributed by atoms with Crippen molar-refractivity contribution >= 4 is 0 Å². The minimum absolute atomic E-state index is 0.519. The molecular formula is C14H19NO. The molecule has 2 rings (SSSR count). The normalized spacial score (nSPS) is 18.2. The lowest BCUT2D eigenvalue weighted by molar-refractivity contribution is 0.352. The number of hydrogen-bond acceptors (Lipinski definition) is 2. The monoisotopic (exact) mass is 217 g/mol. The largest absolute Gasteiger partial charge is 0.489 e. The molecule has 0 spiro atoms. The molecule has 1 unspecified atom stereocenters. The Morgan fingerprint density at radius 2 is 2.38 bits per heavy atom. The van der Waals surface area contributed by atoms with Gasteiger partial charge in [-0.15, -0.1) is 0 Å². The summed E-state index contributed by atoms with van der Waals surface area (Å²) in [5, 5.41) is 3.33. The molecule has 0 saturated heterocycles. The van der Waals surface area contributed by atoms with Gasteiger partial charge in [0, 0.05) is 6.04 Å². The molecular weight excluding hydrogens is 198 g/mol. The second kappa shape index (κ2) is 4.71. The molecule has 2 heteroatoms. The Balaban J connectivity index is 2.12. The molecule has 0 radical (unpaired) electrons. The van der Waals surface area contributed by atoms with Crippen LogP contribution in [0.1, 0.15) is 30.5 Å². The third-order valence-corrected chi connectivity index (χ3v) is 3.03. The molecule has 0 heterocycles. The summed E-state index contributed by atoms with van der Waals surface area (Å²) in [4.78, 5) is 0. The van der Waals surface area contributed by atoms with Gasteiger partial charge in [-0.25, -0.2) is 0 Å². The van der Waals surface area contributed by atoms with Crippen LogP contribution in [-0.4, -0.2) is 13.7 Å². The van der Waals surface area contributed by atoms with Gasteiger partial charge in [-0.05, 0) is 55.6 Å². The van der Waals surface area contributed by atoms with E-state index in [1.807, 2.05) is 14.0 Å². The second-order valence-electron chi connectivity index (χ2n) is 4.49. The molecule has 1 atom stereocenters. The van der Waals surface area contributed by atoms with Crippen LogP contribution < -0.4 is 10.1 Å². The maximum absolute atomic E-state index is 5.64. The number of hydrogen-bond donors (Lipinski definition) is 1. The van der Waals surface area contributed by atoms with Crippen LogP contribution in [0.5, 0.6) is 5.75 Å². The molecule has 1 aliphatic rings. The van der Waals surface area contributed by atoms with E-state index in [4.69, 9.17) is 4.74 Å². The quantitative estimate of drug-likeness (QED) is 0.783. The lowest BCUT2D eigenvalue weighted by Gasteiger charge is -2.11. The van der Waals surface area contributed by atoms with E-state index in [0.29, 0.717) is 12.6 Å². The smallest absolute Gasteiger partial charge is 0.120 e. The number of nitrogens with one attached hydrogen (secondary N) is 1. The van der Waals surface area contributed by atoms with Crippen molar-refractivity contribution < 1.29 is 4.74 Å². The fraction of sp³-hybridized carbons (Fsp3) is 0.429. The summed E-state index contributed by atoms with van der Waals surface area (Å²) in [6.07, 6.45) is 2.33. The highest BCUT2D eigenvalue weighted by molar-refractivity contribution is 5.40. The van der Waals surface area contributed by atoms with E-state index in [1.54, 1.807) is 0 Å². The van der Waals surface area contributed by atoms with Gasteiger partial charge in [-0.1, -0.05) is 12.6 Å². The summed E-state index contributed by atoms with van der Waals surface area (Å²) >= 11 is 0. The molecule has 0 aromatic heterocycles. The summed E-state index contributed by atoms with van der Waals surface area (Å²) < 4.78 is 5.64. The zero-order valence-electron chi connectivity index (χ0n) is 10.0. The molecule has 1 aliphatic carbocycles. The zero-order chi connectivity index (χ0) is 11.5. The van der Waals surface area contributed by atoms with Gasteiger partial charge in [0.25, 0.3) is 0 Å². The topological polar surface area (TPSA) is 21.3 Å². The van der Waals surface area contributed by atoms with Crippen LogP contribution >= 0.6 is 0 Å². The average molecular weight is 217 g/mol. The van der Waals surface area contributed by atoms with Crippen molar-refractivity contribution in [2.24, 2.45) is 0 Å². The minimum atomic E-state index is 0.519. The van der Waals surface area contributed by atoms with Crippen LogP contribution in [0.3, 0.4) is 0 Å². The zero-order valence-corrected chi connectivity index (χ0v) is 10.0. The van der Waals surface area contributed by atoms with Crippen molar-refractivity contribution in [1.82, 2.24) is 5.32 Å². The fourth-order valence-corrected chi connectivity index (χ4v) is 2.19. The van der Waals surface area contributed by atoms with Crippen LogP contribution in [0.4, 0.5) is 0 Å². The van der Waals surface area contributed by atoms with E-state index >= 15 is 0 Å². The number of aryl methyl sites for hydroxylation is 1. The first-order valence-electron chi connectivity index (χ1n) is 5.78. The fourth-order valence-electron chi connectivity index (χ4n) is 2.19. The lowest BCUT2D eigenvalue weighted by Crippen LogP contribution is -2.12. The van der Waals surface area contributed by atoms with E-state index in [2.05, 4.69) is 30.1 Å². The highest BCUT2D eigenvalue weighted by Crippen LogP contribution is 2.33. The van der Waals surface area contributed by atoms with Gasteiger partial charge >= 0.3 is 0 Å². The van der Waals surface area contributed by atoms with E-state index < -0.39 is 0 Å². The van der Waals surface area contributed by atoms with E-state index in [9.17, 15) is 0 Å². The standard InChI is InChI=1S/C14H19NO/c1-10(2)9-16-12-5-6-13-11(8-12)4-7-14(13)15-3/h5-6,8,14-15H,1,4,7,9H2,2-3H3. The van der Waals surface area contributed by atoms with E-state index in [0.717, 1.165) is 17.7 Å². The summed E-state index contributed by atoms with van der Waals surface area (Å²) in [5.41, 5.74) is 3.89. The Bertz CT molecular complexity index is 398. The van der Waals surface area contributed by atoms with Crippen molar-refractivity contribution in [3.63, 3.8) is 0 Å². The van der Waals surface area contributed by atoms with Crippen LogP contribution in [-0.2, 0) is 6.42 Å². The molecule has 86 valence electrons. The highest BCUT2D eigenvalue weighted by Gasteiger charge is 2.20. The van der Waals surface area contributed by atoms with Crippen molar-refractivity contribution in [2.75, 3.05) is 13.7 Å². The molecule has 1 aromatic rings. The first-order valence-corrected chi connectivity index (χ1v) is 5.78. The summed E-state index contributed by atoms with van der Waals surface area (Å²) in [7, 11) is 2.02. The Morgan fingerprint density at radius 3 is 3.06 bits per heavy atom. The number of benzene rings is 1. The molecule has 0 amide bonds. The first-order chi connectivity index (χ1) is 7.70. The molecule has 1 N–H and O–H groups in total. The Hall–Kier alpha value is -1.28. The Morgan fingerprint density at radius 1 is 1.56 bits per heavy atom. The maximum Gasteiger partial charge on any atom is 0.120 e. The molecule has 0 fully saturated rings. The van der Waals surface area contributed by atoms with Crippen LogP contribution in [0.15, 0.2) is 30.4 Å². The Kier molecular flexibility index (Phi) is 3.30. The molecule has 0 aliphatic heterocycles. The van der Waals surface area contributed by atoms with Crippen molar-refractivity contribution in [2.45, 2.75) is 25.8 Å². The van der Waals surface area contributed by atoms with Gasteiger partial charge in [0.2, 0.25) is 0 Å². The van der Waals surface area contributed by atoms with Crippen molar-refractivity contribution in [3.8, 4) is 5.75 Å². The molecule has 0 saturated carbocycles. The van der Waals surface area contributed by atoms with Crippen molar-refractivity contribution in [3.05, 3.63) is 41.5 Å². The van der Waals surface area contributed by atoms with Gasteiger partial charge in [-0.3, -0.25) is 0 Å². The van der Waals surface area contributed by atoms with Gasteiger partial charge in [-0.2, -0.15) is 0 Å². The third-order valence-electron chi connectivity index (χ3n) is 3.03. The summed E-state index contributed by atoms with van der Waals surface area (Å²) in [6.45, 7) is 6.41. The van der Waals surface area contributed by atoms with E-state index in [-0.39, 0.29) is 0 Å². The number of fused-ring (bicyclic) bond motifs is 1. The van der Waals surface area contributed by atoms with Gasteiger partial charge < -0.3 is 10.1 Å². The average Bonchev–Trinajstić information content (AvgIpc) is 2.68. The SMILES string of the molecule is C=C(C)COc1ccc2c(c1)CCC2NC. The Labute approximate surface area is 97.3 Å². The van der Waals surface area contributed by atoms with E-state index in [1.165, 1.54) is 17.5 Å². The van der Waals surface area contributed by atoms with Crippen LogP contribution in [0, 0.1) is 0 Å². The highest BCUT2D eigenvalue weighted by atomic mass is 16.5. The van der Waals surface area contributed by atoms with Gasteiger partial charge in [0.05, 0.1) is 0 Å².